The summed E-state index contributed by atoms with van der Waals surface area (Å²) in [5, 5.41) is 8.73. The Morgan fingerprint density at radius 2 is 1.88 bits per heavy atom. The van der Waals surface area contributed by atoms with E-state index in [4.69, 9.17) is 15.7 Å². The van der Waals surface area contributed by atoms with E-state index in [1.807, 2.05) is 6.92 Å². The number of nitrogens with two attached hydrogens (primary N) is 1. The average molecular weight is 228 g/mol. The normalized spacial score (nSPS) is 13.4. The second-order valence-corrected chi connectivity index (χ2v) is 3.13. The molecule has 0 bridgehead atoms. The summed E-state index contributed by atoms with van der Waals surface area (Å²) in [6, 6.07) is 1.42. The van der Waals surface area contributed by atoms with E-state index in [-0.39, 0.29) is 13.2 Å². The Bertz CT molecular complexity index is 298. The van der Waals surface area contributed by atoms with Gasteiger partial charge in [-0.3, -0.25) is 5.73 Å². The van der Waals surface area contributed by atoms with E-state index >= 15 is 0 Å². The Morgan fingerprint density at radius 1 is 1.31 bits per heavy atom. The molecule has 2 N–H and O–H groups in total. The van der Waals surface area contributed by atoms with Crippen molar-refractivity contribution in [3.63, 3.8) is 0 Å². The van der Waals surface area contributed by atoms with Gasteiger partial charge >= 0.3 is 11.9 Å². The molecule has 0 rings (SSSR count). The standard InChI is InChI=1S/C10H16N2O4/c1-3-5-6-16-9(14)10(12,7-11)8(13)15-4-2/h3-6,12H2,1-2H3. The first-order valence-electron chi connectivity index (χ1n) is 5.07. The lowest BCUT2D eigenvalue weighted by Gasteiger charge is -2.17. The van der Waals surface area contributed by atoms with Crippen molar-refractivity contribution in [2.24, 2.45) is 5.73 Å². The number of unbranched alkanes of at least 4 members (excludes halogenated alkanes) is 1. The van der Waals surface area contributed by atoms with Crippen molar-refractivity contribution in [2.75, 3.05) is 13.2 Å². The SMILES string of the molecule is CCCCOC(=O)C(N)(C#N)C(=O)OCC. The number of hydrogen-bond acceptors (Lipinski definition) is 6. The van der Waals surface area contributed by atoms with Gasteiger partial charge in [0.15, 0.2) is 0 Å². The van der Waals surface area contributed by atoms with Gasteiger partial charge in [0, 0.05) is 0 Å². The van der Waals surface area contributed by atoms with Crippen LogP contribution in [-0.4, -0.2) is 30.7 Å². The van der Waals surface area contributed by atoms with Crippen molar-refractivity contribution in [1.82, 2.24) is 0 Å². The number of carbonyl (C=O) groups is 2. The molecule has 0 aliphatic rings. The zero-order valence-electron chi connectivity index (χ0n) is 9.49. The summed E-state index contributed by atoms with van der Waals surface area (Å²) >= 11 is 0. The summed E-state index contributed by atoms with van der Waals surface area (Å²) in [5.74, 6) is -2.15. The van der Waals surface area contributed by atoms with Gasteiger partial charge in [0.25, 0.3) is 5.54 Å². The molecule has 16 heavy (non-hydrogen) atoms. The highest BCUT2D eigenvalue weighted by molar-refractivity contribution is 6.08. The Kier molecular flexibility index (Phi) is 6.11. The summed E-state index contributed by atoms with van der Waals surface area (Å²) in [5.41, 5.74) is 2.99. The van der Waals surface area contributed by atoms with Crippen LogP contribution < -0.4 is 5.73 Å². The molecular weight excluding hydrogens is 212 g/mol. The van der Waals surface area contributed by atoms with Gasteiger partial charge in [-0.1, -0.05) is 13.3 Å². The minimum absolute atomic E-state index is 0.0434. The van der Waals surface area contributed by atoms with Crippen molar-refractivity contribution < 1.29 is 19.1 Å². The Balaban J connectivity index is 4.51. The van der Waals surface area contributed by atoms with Crippen LogP contribution in [0.5, 0.6) is 0 Å². The van der Waals surface area contributed by atoms with Crippen LogP contribution in [0.15, 0.2) is 0 Å². The molecule has 1 atom stereocenters. The third kappa shape index (κ3) is 3.51. The minimum Gasteiger partial charge on any atom is -0.463 e. The first-order chi connectivity index (χ1) is 7.52. The Morgan fingerprint density at radius 3 is 2.31 bits per heavy atom. The maximum atomic E-state index is 11.4. The molecule has 0 fully saturated rings. The molecule has 0 aromatic heterocycles. The average Bonchev–Trinajstić information content (AvgIpc) is 2.28. The minimum atomic E-state index is -2.36. The Hall–Kier alpha value is -1.61. The van der Waals surface area contributed by atoms with Crippen LogP contribution in [0.3, 0.4) is 0 Å². The van der Waals surface area contributed by atoms with E-state index in [9.17, 15) is 9.59 Å². The molecule has 6 nitrogen and oxygen atoms in total. The molecular formula is C10H16N2O4. The molecule has 90 valence electrons. The highest BCUT2D eigenvalue weighted by Gasteiger charge is 2.46. The third-order valence-corrected chi connectivity index (χ3v) is 1.83. The smallest absolute Gasteiger partial charge is 0.353 e. The van der Waals surface area contributed by atoms with Crippen LogP contribution in [0.25, 0.3) is 0 Å². The maximum absolute atomic E-state index is 11.4. The third-order valence-electron chi connectivity index (χ3n) is 1.83. The first-order valence-corrected chi connectivity index (χ1v) is 5.07. The van der Waals surface area contributed by atoms with Gasteiger partial charge < -0.3 is 9.47 Å². The lowest BCUT2D eigenvalue weighted by atomic mass is 10.0. The highest BCUT2D eigenvalue weighted by atomic mass is 16.6. The van der Waals surface area contributed by atoms with Gasteiger partial charge in [-0.25, -0.2) is 9.59 Å². The van der Waals surface area contributed by atoms with E-state index < -0.39 is 17.5 Å². The molecule has 0 heterocycles. The molecule has 0 amide bonds. The van der Waals surface area contributed by atoms with Gasteiger partial charge in [0.05, 0.1) is 13.2 Å². The van der Waals surface area contributed by atoms with Crippen LogP contribution >= 0.6 is 0 Å². The van der Waals surface area contributed by atoms with Crippen molar-refractivity contribution in [3.05, 3.63) is 0 Å². The van der Waals surface area contributed by atoms with E-state index in [1.165, 1.54) is 6.07 Å². The molecule has 1 unspecified atom stereocenters. The molecule has 0 spiro atoms. The van der Waals surface area contributed by atoms with Crippen molar-refractivity contribution >= 4 is 11.9 Å². The van der Waals surface area contributed by atoms with E-state index in [0.717, 1.165) is 6.42 Å². The summed E-state index contributed by atoms with van der Waals surface area (Å²) < 4.78 is 9.26. The topological polar surface area (TPSA) is 102 Å². The van der Waals surface area contributed by atoms with Gasteiger partial charge in [-0.2, -0.15) is 5.26 Å². The molecule has 0 aliphatic carbocycles. The predicted octanol–water partition coefficient (Wildman–Crippen LogP) is 0.114. The fraction of sp³-hybridized carbons (Fsp3) is 0.700. The number of carbonyl (C=O) groups excluding carboxylic acids is 2. The van der Waals surface area contributed by atoms with Crippen LogP contribution in [0.1, 0.15) is 26.7 Å². The zero-order chi connectivity index (χ0) is 12.6. The fourth-order valence-corrected chi connectivity index (χ4v) is 0.843. The van der Waals surface area contributed by atoms with Gasteiger partial charge in [0.2, 0.25) is 0 Å². The molecule has 0 aliphatic heterocycles. The van der Waals surface area contributed by atoms with Crippen molar-refractivity contribution in [2.45, 2.75) is 32.2 Å². The van der Waals surface area contributed by atoms with Crippen LogP contribution in [0, 0.1) is 11.3 Å². The second kappa shape index (κ2) is 6.80. The number of nitrogens with zero attached hydrogens (tertiary/aromatic N) is 1. The van der Waals surface area contributed by atoms with Crippen molar-refractivity contribution in [3.8, 4) is 6.07 Å². The summed E-state index contributed by atoms with van der Waals surface area (Å²) in [4.78, 5) is 22.7. The largest absolute Gasteiger partial charge is 0.463 e. The highest BCUT2D eigenvalue weighted by Crippen LogP contribution is 2.06. The molecule has 0 aromatic rings. The van der Waals surface area contributed by atoms with Crippen LogP contribution in [0.4, 0.5) is 0 Å². The predicted molar refractivity (Wildman–Crippen MR) is 55.0 cm³/mol. The van der Waals surface area contributed by atoms with E-state index in [2.05, 4.69) is 4.74 Å². The molecule has 0 radical (unpaired) electrons. The summed E-state index contributed by atoms with van der Waals surface area (Å²) in [6.07, 6.45) is 1.48. The zero-order valence-corrected chi connectivity index (χ0v) is 9.49. The van der Waals surface area contributed by atoms with Gasteiger partial charge in [-0.05, 0) is 13.3 Å². The van der Waals surface area contributed by atoms with Crippen LogP contribution in [0.2, 0.25) is 0 Å². The monoisotopic (exact) mass is 228 g/mol. The molecule has 0 aromatic carbocycles. The van der Waals surface area contributed by atoms with Crippen molar-refractivity contribution in [1.29, 1.82) is 5.26 Å². The van der Waals surface area contributed by atoms with E-state index in [0.29, 0.717) is 6.42 Å². The first kappa shape index (κ1) is 14.4. The number of esters is 2. The maximum Gasteiger partial charge on any atom is 0.353 e. The lowest BCUT2D eigenvalue weighted by molar-refractivity contribution is -0.160. The number of rotatable bonds is 6. The number of ether oxygens (including phenoxy) is 2. The fourth-order valence-electron chi connectivity index (χ4n) is 0.843. The second-order valence-electron chi connectivity index (χ2n) is 3.13. The number of hydrogen-bond donors (Lipinski definition) is 1. The van der Waals surface area contributed by atoms with Gasteiger partial charge in [0.1, 0.15) is 6.07 Å². The molecule has 0 saturated heterocycles. The Labute approximate surface area is 94.3 Å². The van der Waals surface area contributed by atoms with Gasteiger partial charge in [-0.15, -0.1) is 0 Å². The lowest BCUT2D eigenvalue weighted by Crippen LogP contribution is -2.55. The quantitative estimate of drug-likeness (QED) is 0.393. The summed E-state index contributed by atoms with van der Waals surface area (Å²) in [6.45, 7) is 3.65. The number of nitriles is 1. The molecule has 6 heteroatoms. The molecule has 0 saturated carbocycles. The van der Waals surface area contributed by atoms with Crippen LogP contribution in [-0.2, 0) is 19.1 Å². The summed E-state index contributed by atoms with van der Waals surface area (Å²) in [7, 11) is 0. The van der Waals surface area contributed by atoms with E-state index in [1.54, 1.807) is 6.92 Å².